The van der Waals surface area contributed by atoms with Crippen molar-refractivity contribution in [3.63, 3.8) is 0 Å². The van der Waals surface area contributed by atoms with Gasteiger partial charge in [-0.1, -0.05) is 25.5 Å². The summed E-state index contributed by atoms with van der Waals surface area (Å²) in [5, 5.41) is 30.4. The van der Waals surface area contributed by atoms with E-state index in [1.807, 2.05) is 36.6 Å². The number of aliphatic hydroxyl groups excluding tert-OH is 1. The van der Waals surface area contributed by atoms with Crippen LogP contribution in [0, 0.1) is 40.2 Å². The van der Waals surface area contributed by atoms with Gasteiger partial charge in [0.05, 0.1) is 55.0 Å². The van der Waals surface area contributed by atoms with E-state index < -0.39 is 125 Å². The van der Waals surface area contributed by atoms with E-state index in [4.69, 9.17) is 28.4 Å². The zero-order chi connectivity index (χ0) is 63.9. The summed E-state index contributed by atoms with van der Waals surface area (Å²) in [4.78, 5) is 114. The third-order valence-electron chi connectivity index (χ3n) is 20.6. The Bertz CT molecular complexity index is 3650. The highest BCUT2D eigenvalue weighted by molar-refractivity contribution is 6.02. The van der Waals surface area contributed by atoms with Gasteiger partial charge in [0.15, 0.2) is 41.6 Å². The second-order valence-corrected chi connectivity index (χ2v) is 26.4. The molecule has 7 fully saturated rings. The van der Waals surface area contributed by atoms with Gasteiger partial charge in [-0.05, 0) is 108 Å². The number of pyridine rings is 2. The van der Waals surface area contributed by atoms with Gasteiger partial charge in [0, 0.05) is 92.6 Å². The van der Waals surface area contributed by atoms with Crippen LogP contribution < -0.4 is 40.8 Å². The van der Waals surface area contributed by atoms with Crippen LogP contribution >= 0.6 is 0 Å². The second kappa shape index (κ2) is 24.3. The molecule has 12 rings (SSSR count). The molecular formula is C66H78F2N6O16. The Morgan fingerprint density at radius 3 is 1.76 bits per heavy atom. The van der Waals surface area contributed by atoms with Crippen LogP contribution in [0.3, 0.4) is 0 Å². The molecule has 0 spiro atoms. The normalized spacial score (nSPS) is 28.3. The molecule has 90 heavy (non-hydrogen) atoms. The molecule has 4 heterocycles. The molecule has 0 bridgehead atoms. The van der Waals surface area contributed by atoms with E-state index in [-0.39, 0.29) is 94.2 Å². The van der Waals surface area contributed by atoms with Crippen LogP contribution in [0.25, 0.3) is 21.8 Å². The van der Waals surface area contributed by atoms with Crippen LogP contribution in [0.4, 0.5) is 20.2 Å². The molecule has 22 nitrogen and oxygen atoms in total. The number of aromatic nitrogens is 2. The Balaban J connectivity index is 0.764. The minimum absolute atomic E-state index is 0.0294. The smallest absolute Gasteiger partial charge is 0.343 e. The topological polar surface area (TPSA) is 273 Å². The Labute approximate surface area is 517 Å². The van der Waals surface area contributed by atoms with Gasteiger partial charge >= 0.3 is 23.9 Å². The summed E-state index contributed by atoms with van der Waals surface area (Å²) in [6.45, 7) is 8.22. The van der Waals surface area contributed by atoms with Crippen molar-refractivity contribution in [1.82, 2.24) is 19.8 Å². The number of hydrogen-bond donors (Lipinski definition) is 4. The number of methoxy groups -OCH3 is 2. The number of anilines is 2. The van der Waals surface area contributed by atoms with Crippen LogP contribution in [-0.2, 0) is 38.1 Å². The highest BCUT2D eigenvalue weighted by Crippen LogP contribution is 2.67. The molecule has 2 aromatic carbocycles. The Kier molecular flexibility index (Phi) is 16.9. The number of carbonyl (C=O) groups excluding carboxylic acids is 6. The van der Waals surface area contributed by atoms with Crippen molar-refractivity contribution in [2.24, 2.45) is 28.6 Å². The SMILES string of the molecule is COc1c(N2CCNC(C)C2)c(F)cc2c(=O)c(C(=O)OCC(COC(=O)c3cn(C4CC4)c4c(OC)c(N5CCNC(C)C5)c(F)cc4c3=O)OC(=O)CCC(=O)OCC(=O)[C@@]3(O)CC[C@H]4[C@@H]5CCC6=CC(=O)C=C[C@]6(C)C5[C@@H](O)C[C@@]43C)cn(C3CC3)c12. The minimum atomic E-state index is -1.96. The fourth-order valence-corrected chi connectivity index (χ4v) is 15.9. The van der Waals surface area contributed by atoms with E-state index in [0.717, 1.165) is 17.7 Å². The van der Waals surface area contributed by atoms with Crippen LogP contribution in [0.5, 0.6) is 11.5 Å². The van der Waals surface area contributed by atoms with Gasteiger partial charge in [0.1, 0.15) is 41.3 Å². The summed E-state index contributed by atoms with van der Waals surface area (Å²) in [5.41, 5.74) is -4.42. The quantitative estimate of drug-likeness (QED) is 0.0647. The van der Waals surface area contributed by atoms with Gasteiger partial charge in [-0.2, -0.15) is 0 Å². The minimum Gasteiger partial charge on any atom is -0.492 e. The molecule has 24 heteroatoms. The maximum absolute atomic E-state index is 16.3. The number of benzene rings is 2. The van der Waals surface area contributed by atoms with Crippen LogP contribution in [0.2, 0.25) is 0 Å². The number of Topliss-reactive ketones (excluding diaryl/α,β-unsaturated/α-hetero) is 1. The van der Waals surface area contributed by atoms with Crippen LogP contribution in [0.1, 0.15) is 131 Å². The molecule has 2 aromatic heterocycles. The Hall–Kier alpha value is -7.54. The predicted molar refractivity (Wildman–Crippen MR) is 324 cm³/mol. The first-order valence-corrected chi connectivity index (χ1v) is 31.4. The number of hydrogen-bond acceptors (Lipinski definition) is 20. The number of esters is 4. The number of rotatable bonds is 19. The molecule has 9 atom stereocenters. The van der Waals surface area contributed by atoms with E-state index in [9.17, 15) is 48.6 Å². The Morgan fingerprint density at radius 2 is 1.26 bits per heavy atom. The standard InChI is InChI=1S/C66H78F2N6O16/c1-34-27-71(21-19-69-34)56-47(67)24-42-54(60(56)85-5)73(37-8-9-37)29-44(58(42)80)62(82)88-31-40(32-89-63(83)45-30-74(38-10-11-38)55-43(59(45)81)25-48(68)57(61(55)86-6)72-22-20-70-35(2)28-72)90-52(79)14-13-51(78)87-33-50(77)66(84)18-16-46-41-12-7-36-23-39(75)15-17-64(36,3)53(41)49(76)26-65(46,66)4/h15,17,23-25,29-30,34-35,37-38,40-41,46,49,53,69-70,76,84H,7-14,16,18-22,26-28,31-33H2,1-6H3/t34?,35?,40?,41-,46-,49-,53?,64-,65-,66-/m0/s1. The number of carbonyl (C=O) groups is 6. The fourth-order valence-electron chi connectivity index (χ4n) is 15.9. The lowest BCUT2D eigenvalue weighted by Gasteiger charge is -2.59. The highest BCUT2D eigenvalue weighted by atomic mass is 19.1. The second-order valence-electron chi connectivity index (χ2n) is 26.4. The van der Waals surface area contributed by atoms with E-state index in [1.165, 1.54) is 32.7 Å². The zero-order valence-electron chi connectivity index (χ0n) is 51.5. The summed E-state index contributed by atoms with van der Waals surface area (Å²) < 4.78 is 70.2. The maximum atomic E-state index is 16.3. The zero-order valence-corrected chi connectivity index (χ0v) is 51.5. The summed E-state index contributed by atoms with van der Waals surface area (Å²) >= 11 is 0. The van der Waals surface area contributed by atoms with Crippen LogP contribution in [-0.4, -0.2) is 158 Å². The molecule has 0 radical (unpaired) electrons. The van der Waals surface area contributed by atoms with Gasteiger partial charge < -0.3 is 68.2 Å². The third-order valence-corrected chi connectivity index (χ3v) is 20.6. The van der Waals surface area contributed by atoms with Crippen LogP contribution in [0.15, 0.2) is 57.9 Å². The maximum Gasteiger partial charge on any atom is 0.343 e. The lowest BCUT2D eigenvalue weighted by Crippen LogP contribution is -2.61. The lowest BCUT2D eigenvalue weighted by molar-refractivity contribution is -0.181. The van der Waals surface area contributed by atoms with Crippen molar-refractivity contribution in [2.75, 3.05) is 83.1 Å². The van der Waals surface area contributed by atoms with E-state index in [2.05, 4.69) is 10.6 Å². The van der Waals surface area contributed by atoms with Gasteiger partial charge in [-0.15, -0.1) is 0 Å². The number of piperazine rings is 2. The summed E-state index contributed by atoms with van der Waals surface area (Å²) in [6, 6.07) is 1.86. The molecule has 3 unspecified atom stereocenters. The molecule has 2 saturated heterocycles. The number of aliphatic hydroxyl groups is 2. The van der Waals surface area contributed by atoms with Gasteiger partial charge in [-0.3, -0.25) is 28.8 Å². The first-order valence-electron chi connectivity index (χ1n) is 31.4. The summed E-state index contributed by atoms with van der Waals surface area (Å²) in [6.07, 6.45) is 8.49. The molecule has 6 aliphatic carbocycles. The Morgan fingerprint density at radius 1 is 0.733 bits per heavy atom. The van der Waals surface area contributed by atoms with Gasteiger partial charge in [0.25, 0.3) is 0 Å². The van der Waals surface area contributed by atoms with Crippen molar-refractivity contribution in [1.29, 1.82) is 0 Å². The lowest BCUT2D eigenvalue weighted by atomic mass is 9.46. The summed E-state index contributed by atoms with van der Waals surface area (Å²) in [5.74, 6) is -7.03. The highest BCUT2D eigenvalue weighted by Gasteiger charge is 2.68. The van der Waals surface area contributed by atoms with E-state index >= 15 is 8.78 Å². The molecule has 4 N–H and O–H groups in total. The molecule has 8 aliphatic rings. The molecule has 5 saturated carbocycles. The average molecular weight is 1250 g/mol. The molecule has 0 amide bonds. The monoisotopic (exact) mass is 1250 g/mol. The number of ketones is 2. The largest absolute Gasteiger partial charge is 0.492 e. The molecule has 4 aromatic rings. The third kappa shape index (κ3) is 11.1. The van der Waals surface area contributed by atoms with E-state index in [1.54, 1.807) is 22.1 Å². The number of ether oxygens (including phenoxy) is 6. The van der Waals surface area contributed by atoms with Crippen molar-refractivity contribution >= 4 is 68.6 Å². The number of halogens is 2. The van der Waals surface area contributed by atoms with Crippen molar-refractivity contribution in [3.05, 3.63) is 91.5 Å². The van der Waals surface area contributed by atoms with Gasteiger partial charge in [0.2, 0.25) is 16.6 Å². The predicted octanol–water partition coefficient (Wildman–Crippen LogP) is 5.71. The molecule has 482 valence electrons. The summed E-state index contributed by atoms with van der Waals surface area (Å²) in [7, 11) is 2.77. The molecule has 2 aliphatic heterocycles. The number of nitrogens with one attached hydrogen (secondary N) is 2. The first kappa shape index (κ1) is 62.6. The number of nitrogens with zero attached hydrogens (tertiary/aromatic N) is 4. The van der Waals surface area contributed by atoms with Crippen molar-refractivity contribution < 1.29 is 76.2 Å². The fraction of sp³-hybridized carbons (Fsp3) is 0.576. The number of allylic oxidation sites excluding steroid dienone is 4. The van der Waals surface area contributed by atoms with Crippen molar-refractivity contribution in [3.8, 4) is 11.5 Å². The number of fused-ring (bicyclic) bond motifs is 7. The van der Waals surface area contributed by atoms with E-state index in [0.29, 0.717) is 95.2 Å². The first-order chi connectivity index (χ1) is 43.0. The van der Waals surface area contributed by atoms with Crippen molar-refractivity contribution in [2.45, 2.75) is 140 Å². The average Bonchev–Trinajstić information content (AvgIpc) is 1.17. The molecular weight excluding hydrogens is 1170 g/mol. The van der Waals surface area contributed by atoms with Gasteiger partial charge in [-0.25, -0.2) is 18.4 Å².